The third kappa shape index (κ3) is 6.26. The zero-order chi connectivity index (χ0) is 23.6. The van der Waals surface area contributed by atoms with Gasteiger partial charge in [-0.2, -0.15) is 0 Å². The summed E-state index contributed by atoms with van der Waals surface area (Å²) in [6, 6.07) is 26.8. The number of aromatic amines is 1. The number of aromatic nitrogens is 2. The smallest absolute Gasteiger partial charge is 0.319 e. The van der Waals surface area contributed by atoms with E-state index in [-0.39, 0.29) is 12.1 Å². The zero-order valence-corrected chi connectivity index (χ0v) is 19.0. The summed E-state index contributed by atoms with van der Waals surface area (Å²) in [5.74, 6) is 0.684. The van der Waals surface area contributed by atoms with Crippen LogP contribution in [0.25, 0.3) is 11.3 Å². The molecule has 172 valence electrons. The van der Waals surface area contributed by atoms with Gasteiger partial charge in [-0.25, -0.2) is 9.78 Å². The number of anilines is 3. The Morgan fingerprint density at radius 3 is 2.29 bits per heavy atom. The lowest BCUT2D eigenvalue weighted by molar-refractivity contribution is 0.248. The first-order chi connectivity index (χ1) is 16.7. The minimum atomic E-state index is -0.345. The highest BCUT2D eigenvalue weighted by molar-refractivity contribution is 5.89. The van der Waals surface area contributed by atoms with Gasteiger partial charge in [0.15, 0.2) is 0 Å². The fourth-order valence-corrected chi connectivity index (χ4v) is 3.46. The molecule has 0 saturated carbocycles. The maximum absolute atomic E-state index is 12.8. The maximum Gasteiger partial charge on any atom is 0.319 e. The molecule has 3 aromatic carbocycles. The van der Waals surface area contributed by atoms with Crippen molar-refractivity contribution in [3.8, 4) is 11.3 Å². The van der Waals surface area contributed by atoms with Gasteiger partial charge in [0.1, 0.15) is 5.82 Å². The number of hydrogen-bond acceptors (Lipinski definition) is 4. The van der Waals surface area contributed by atoms with Gasteiger partial charge in [-0.15, -0.1) is 0 Å². The molecule has 0 aliphatic rings. The molecule has 4 aromatic rings. The van der Waals surface area contributed by atoms with Gasteiger partial charge >= 0.3 is 6.03 Å². The molecule has 0 spiro atoms. The number of carbonyl (C=O) groups is 1. The summed E-state index contributed by atoms with van der Waals surface area (Å²) in [7, 11) is 1.85. The Labute approximate surface area is 199 Å². The van der Waals surface area contributed by atoms with Crippen LogP contribution in [0.2, 0.25) is 0 Å². The number of urea groups is 1. The van der Waals surface area contributed by atoms with E-state index in [4.69, 9.17) is 0 Å². The van der Waals surface area contributed by atoms with Crippen molar-refractivity contribution in [1.82, 2.24) is 15.3 Å². The van der Waals surface area contributed by atoms with E-state index in [1.165, 1.54) is 0 Å². The number of imidazole rings is 1. The SMILES string of the molecule is CNc1ccc(NC(=O)N[C@H](C/C=C/Nc2ccccc2)c2ncc(-c3ccccc3)[nH]2)cc1. The van der Waals surface area contributed by atoms with E-state index in [0.717, 1.165) is 22.6 Å². The van der Waals surface area contributed by atoms with Gasteiger partial charge < -0.3 is 26.3 Å². The summed E-state index contributed by atoms with van der Waals surface area (Å²) >= 11 is 0. The van der Waals surface area contributed by atoms with Crippen molar-refractivity contribution in [2.75, 3.05) is 23.0 Å². The number of H-pyrrole nitrogens is 1. The Hall–Kier alpha value is -4.52. The number of benzene rings is 3. The van der Waals surface area contributed by atoms with Crippen LogP contribution >= 0.6 is 0 Å². The van der Waals surface area contributed by atoms with Crippen molar-refractivity contribution in [3.63, 3.8) is 0 Å². The second-order valence-corrected chi connectivity index (χ2v) is 7.67. The third-order valence-electron chi connectivity index (χ3n) is 5.26. The largest absolute Gasteiger partial charge is 0.388 e. The molecule has 2 amide bonds. The molecular weight excluding hydrogens is 424 g/mol. The molecule has 0 unspecified atom stereocenters. The Kier molecular flexibility index (Phi) is 7.58. The number of amides is 2. The Morgan fingerprint density at radius 1 is 0.912 bits per heavy atom. The van der Waals surface area contributed by atoms with Crippen LogP contribution < -0.4 is 21.3 Å². The quantitative estimate of drug-likeness (QED) is 0.215. The summed E-state index contributed by atoms with van der Waals surface area (Å²) in [4.78, 5) is 20.7. The molecule has 0 aliphatic carbocycles. The molecule has 5 N–H and O–H groups in total. The first-order valence-electron chi connectivity index (χ1n) is 11.1. The lowest BCUT2D eigenvalue weighted by Crippen LogP contribution is -2.33. The van der Waals surface area contributed by atoms with E-state index in [2.05, 4.69) is 31.2 Å². The predicted molar refractivity (Wildman–Crippen MR) is 139 cm³/mol. The predicted octanol–water partition coefficient (Wildman–Crippen LogP) is 6.00. The minimum Gasteiger partial charge on any atom is -0.388 e. The lowest BCUT2D eigenvalue weighted by Gasteiger charge is -2.16. The number of para-hydroxylation sites is 1. The van der Waals surface area contributed by atoms with Crippen LogP contribution in [0.15, 0.2) is 103 Å². The highest BCUT2D eigenvalue weighted by Crippen LogP contribution is 2.21. The third-order valence-corrected chi connectivity index (χ3v) is 5.26. The zero-order valence-electron chi connectivity index (χ0n) is 19.0. The van der Waals surface area contributed by atoms with Crippen molar-refractivity contribution in [2.45, 2.75) is 12.5 Å². The summed E-state index contributed by atoms with van der Waals surface area (Å²) in [6.45, 7) is 0. The van der Waals surface area contributed by atoms with Crippen molar-refractivity contribution in [3.05, 3.63) is 109 Å². The van der Waals surface area contributed by atoms with E-state index in [1.807, 2.05) is 104 Å². The second-order valence-electron chi connectivity index (χ2n) is 7.67. The number of nitrogens with zero attached hydrogens (tertiary/aromatic N) is 1. The monoisotopic (exact) mass is 452 g/mol. The number of nitrogens with one attached hydrogen (secondary N) is 5. The second kappa shape index (κ2) is 11.4. The van der Waals surface area contributed by atoms with Crippen LogP contribution in [0.1, 0.15) is 18.3 Å². The molecule has 0 bridgehead atoms. The van der Waals surface area contributed by atoms with Crippen LogP contribution in [0.4, 0.5) is 21.9 Å². The molecule has 1 atom stereocenters. The fraction of sp³-hybridized carbons (Fsp3) is 0.111. The first-order valence-corrected chi connectivity index (χ1v) is 11.1. The summed E-state index contributed by atoms with van der Waals surface area (Å²) in [5.41, 5.74) is 4.62. The summed E-state index contributed by atoms with van der Waals surface area (Å²) in [5, 5.41) is 12.2. The van der Waals surface area contributed by atoms with E-state index >= 15 is 0 Å². The standard InChI is InChI=1S/C27H28N6O/c1-28-21-14-16-23(17-15-21)31-27(34)33-24(13-8-18-29-22-11-6-3-7-12-22)26-30-19-25(32-26)20-9-4-2-5-10-20/h2-12,14-19,24,28-29H,13H2,1H3,(H,30,32)(H2,31,33,34)/b18-8+/t24-/m1/s1. The molecule has 7 nitrogen and oxygen atoms in total. The Bertz CT molecular complexity index is 1200. The molecular formula is C27H28N6O. The molecule has 4 rings (SSSR count). The summed E-state index contributed by atoms with van der Waals surface area (Å²) < 4.78 is 0. The van der Waals surface area contributed by atoms with E-state index in [0.29, 0.717) is 17.9 Å². The van der Waals surface area contributed by atoms with Gasteiger partial charge in [0, 0.05) is 24.1 Å². The number of hydrogen-bond donors (Lipinski definition) is 5. The topological polar surface area (TPSA) is 93.9 Å². The number of carbonyl (C=O) groups excluding carboxylic acids is 1. The van der Waals surface area contributed by atoms with E-state index in [9.17, 15) is 4.79 Å². The Balaban J connectivity index is 1.46. The first kappa shape index (κ1) is 22.7. The van der Waals surface area contributed by atoms with Gasteiger partial charge in [-0.05, 0) is 54.6 Å². The van der Waals surface area contributed by atoms with E-state index < -0.39 is 0 Å². The molecule has 1 aromatic heterocycles. The molecule has 0 radical (unpaired) electrons. The van der Waals surface area contributed by atoms with Crippen LogP contribution in [0.5, 0.6) is 0 Å². The van der Waals surface area contributed by atoms with Gasteiger partial charge in [-0.1, -0.05) is 54.6 Å². The van der Waals surface area contributed by atoms with Crippen LogP contribution in [0.3, 0.4) is 0 Å². The summed E-state index contributed by atoms with van der Waals surface area (Å²) in [6.07, 6.45) is 6.19. The van der Waals surface area contributed by atoms with Gasteiger partial charge in [0.2, 0.25) is 0 Å². The Morgan fingerprint density at radius 2 is 1.59 bits per heavy atom. The highest BCUT2D eigenvalue weighted by atomic mass is 16.2. The molecule has 0 fully saturated rings. The highest BCUT2D eigenvalue weighted by Gasteiger charge is 2.17. The van der Waals surface area contributed by atoms with Crippen molar-refractivity contribution < 1.29 is 4.79 Å². The molecule has 1 heterocycles. The van der Waals surface area contributed by atoms with Gasteiger partial charge in [-0.3, -0.25) is 0 Å². The van der Waals surface area contributed by atoms with E-state index in [1.54, 1.807) is 6.20 Å². The number of rotatable bonds is 9. The molecule has 34 heavy (non-hydrogen) atoms. The maximum atomic E-state index is 12.8. The van der Waals surface area contributed by atoms with Crippen molar-refractivity contribution in [1.29, 1.82) is 0 Å². The molecule has 7 heteroatoms. The van der Waals surface area contributed by atoms with Crippen molar-refractivity contribution in [2.24, 2.45) is 0 Å². The van der Waals surface area contributed by atoms with Gasteiger partial charge in [0.05, 0.1) is 17.9 Å². The molecule has 0 saturated heterocycles. The van der Waals surface area contributed by atoms with Gasteiger partial charge in [0.25, 0.3) is 0 Å². The van der Waals surface area contributed by atoms with Crippen LogP contribution in [-0.4, -0.2) is 23.0 Å². The fourth-order valence-electron chi connectivity index (χ4n) is 3.46. The normalized spacial score (nSPS) is 11.7. The lowest BCUT2D eigenvalue weighted by atomic mass is 10.1. The van der Waals surface area contributed by atoms with Crippen LogP contribution in [-0.2, 0) is 0 Å². The minimum absolute atomic E-state index is 0.302. The average molecular weight is 453 g/mol. The average Bonchev–Trinajstić information content (AvgIpc) is 3.38. The van der Waals surface area contributed by atoms with Crippen LogP contribution in [0, 0.1) is 0 Å². The molecule has 0 aliphatic heterocycles. The van der Waals surface area contributed by atoms with Crippen molar-refractivity contribution >= 4 is 23.1 Å².